The van der Waals surface area contributed by atoms with Crippen LogP contribution in [0.25, 0.3) is 0 Å². The van der Waals surface area contributed by atoms with E-state index in [1.54, 1.807) is 0 Å². The molecule has 0 aromatic carbocycles. The van der Waals surface area contributed by atoms with Crippen molar-refractivity contribution in [3.63, 3.8) is 0 Å². The molecule has 3 nitrogen and oxygen atoms in total. The van der Waals surface area contributed by atoms with Gasteiger partial charge in [0.2, 0.25) is 0 Å². The summed E-state index contributed by atoms with van der Waals surface area (Å²) in [5, 5.41) is -1.91. The maximum absolute atomic E-state index is 12.0. The zero-order valence-electron chi connectivity index (χ0n) is 7.64. The Bertz CT molecular complexity index is 208. The quantitative estimate of drug-likeness (QED) is 0.593. The number of carbonyl (C=O) groups is 1. The van der Waals surface area contributed by atoms with Crippen molar-refractivity contribution in [1.82, 2.24) is 0 Å². The molecule has 84 valence electrons. The molecule has 0 radical (unpaired) electrons. The molecule has 0 unspecified atom stereocenters. The largest absolute Gasteiger partial charge is 0.462 e. The van der Waals surface area contributed by atoms with Crippen LogP contribution in [0.2, 0.25) is 0 Å². The second-order valence-corrected chi connectivity index (χ2v) is 3.42. The van der Waals surface area contributed by atoms with Gasteiger partial charge in [0, 0.05) is 0 Å². The van der Waals surface area contributed by atoms with E-state index in [0.717, 1.165) is 0 Å². The Balaban J connectivity index is 4.32. The maximum atomic E-state index is 12.0. The highest BCUT2D eigenvalue weighted by atomic mass is 35.5. The summed E-state index contributed by atoms with van der Waals surface area (Å²) < 4.78 is 40.4. The van der Waals surface area contributed by atoms with Gasteiger partial charge in [-0.2, -0.15) is 13.2 Å². The lowest BCUT2D eigenvalue weighted by Gasteiger charge is -2.20. The first-order valence-electron chi connectivity index (χ1n) is 3.83. The third-order valence-electron chi connectivity index (χ3n) is 1.27. The van der Waals surface area contributed by atoms with Gasteiger partial charge < -0.3 is 10.5 Å². The maximum Gasteiger partial charge on any atom is 0.405 e. The first-order chi connectivity index (χ1) is 6.16. The normalized spacial score (nSPS) is 16.6. The predicted octanol–water partition coefficient (Wildman–Crippen LogP) is 1.44. The van der Waals surface area contributed by atoms with E-state index >= 15 is 0 Å². The summed E-state index contributed by atoms with van der Waals surface area (Å²) >= 11 is 5.19. The third kappa shape index (κ3) is 4.15. The molecule has 0 aliphatic carbocycles. The van der Waals surface area contributed by atoms with Gasteiger partial charge in [-0.3, -0.25) is 4.79 Å². The molecule has 0 amide bonds. The van der Waals surface area contributed by atoms with Gasteiger partial charge in [-0.25, -0.2) is 0 Å². The van der Waals surface area contributed by atoms with Crippen molar-refractivity contribution in [3.8, 4) is 0 Å². The number of rotatable bonds is 3. The van der Waals surface area contributed by atoms with E-state index < -0.39 is 29.7 Å². The fourth-order valence-corrected chi connectivity index (χ4v) is 0.804. The molecule has 2 atom stereocenters. The van der Waals surface area contributed by atoms with Gasteiger partial charge in [-0.05, 0) is 13.8 Å². The summed E-state index contributed by atoms with van der Waals surface area (Å²) in [6, 6.07) is -2.41. The zero-order valence-corrected chi connectivity index (χ0v) is 8.39. The summed E-state index contributed by atoms with van der Waals surface area (Å²) in [5.41, 5.74) is 4.71. The van der Waals surface area contributed by atoms with Crippen LogP contribution in [-0.4, -0.2) is 29.7 Å². The first-order valence-corrected chi connectivity index (χ1v) is 4.26. The van der Waals surface area contributed by atoms with Crippen molar-refractivity contribution >= 4 is 17.6 Å². The predicted molar refractivity (Wildman–Crippen MR) is 44.9 cm³/mol. The van der Waals surface area contributed by atoms with Crippen molar-refractivity contribution in [1.29, 1.82) is 0 Å². The minimum absolute atomic E-state index is 0.524. The van der Waals surface area contributed by atoms with E-state index in [2.05, 4.69) is 4.74 Å². The van der Waals surface area contributed by atoms with Gasteiger partial charge in [-0.15, -0.1) is 11.6 Å². The zero-order chi connectivity index (χ0) is 11.5. The van der Waals surface area contributed by atoms with E-state index in [1.807, 2.05) is 0 Å². The molecule has 0 heterocycles. The first kappa shape index (κ1) is 13.5. The van der Waals surface area contributed by atoms with Crippen molar-refractivity contribution < 1.29 is 22.7 Å². The molecule has 7 heteroatoms. The average molecular weight is 234 g/mol. The summed E-state index contributed by atoms with van der Waals surface area (Å²) in [7, 11) is 0. The molecule has 0 fully saturated rings. The van der Waals surface area contributed by atoms with E-state index in [0.29, 0.717) is 0 Å². The highest BCUT2D eigenvalue weighted by Crippen LogP contribution is 2.24. The molecule has 0 rings (SSSR count). The number of hydrogen-bond donors (Lipinski definition) is 1. The molecular weight excluding hydrogens is 223 g/mol. The smallest absolute Gasteiger partial charge is 0.405 e. The summed E-state index contributed by atoms with van der Waals surface area (Å²) in [4.78, 5) is 10.9. The van der Waals surface area contributed by atoms with Crippen LogP contribution in [0.15, 0.2) is 0 Å². The van der Waals surface area contributed by atoms with E-state index in [1.165, 1.54) is 13.8 Å². The fraction of sp³-hybridized carbons (Fsp3) is 0.857. The Kier molecular flexibility index (Phi) is 4.67. The third-order valence-corrected chi connectivity index (χ3v) is 1.72. The van der Waals surface area contributed by atoms with E-state index in [9.17, 15) is 18.0 Å². The highest BCUT2D eigenvalue weighted by molar-refractivity contribution is 6.30. The van der Waals surface area contributed by atoms with Gasteiger partial charge in [-0.1, -0.05) is 0 Å². The summed E-state index contributed by atoms with van der Waals surface area (Å²) in [5.74, 6) is -1.16. The number of carbonyl (C=O) groups excluding carboxylic acids is 1. The lowest BCUT2D eigenvalue weighted by atomic mass is 10.2. The SMILES string of the molecule is CC(C)OC(=O)[C@H](Cl)[C@H](N)C(F)(F)F. The molecule has 0 aromatic heterocycles. The van der Waals surface area contributed by atoms with Gasteiger partial charge in [0.15, 0.2) is 5.38 Å². The van der Waals surface area contributed by atoms with Crippen LogP contribution in [0.1, 0.15) is 13.8 Å². The number of hydrogen-bond acceptors (Lipinski definition) is 3. The number of esters is 1. The van der Waals surface area contributed by atoms with Gasteiger partial charge in [0.05, 0.1) is 6.10 Å². The molecule has 0 aliphatic rings. The molecule has 14 heavy (non-hydrogen) atoms. The average Bonchev–Trinajstić information content (AvgIpc) is 1.98. The van der Waals surface area contributed by atoms with Crippen LogP contribution >= 0.6 is 11.6 Å². The van der Waals surface area contributed by atoms with Crippen molar-refractivity contribution in [3.05, 3.63) is 0 Å². The molecule has 2 N–H and O–H groups in total. The van der Waals surface area contributed by atoms with Crippen LogP contribution in [0.5, 0.6) is 0 Å². The van der Waals surface area contributed by atoms with Gasteiger partial charge >= 0.3 is 12.1 Å². The van der Waals surface area contributed by atoms with Crippen molar-refractivity contribution in [2.75, 3.05) is 0 Å². The van der Waals surface area contributed by atoms with Crippen LogP contribution in [-0.2, 0) is 9.53 Å². The van der Waals surface area contributed by atoms with Crippen molar-refractivity contribution in [2.45, 2.75) is 37.5 Å². The minimum atomic E-state index is -4.71. The Morgan fingerprint density at radius 1 is 1.43 bits per heavy atom. The molecule has 0 saturated carbocycles. The number of ether oxygens (including phenoxy) is 1. The highest BCUT2D eigenvalue weighted by Gasteiger charge is 2.45. The van der Waals surface area contributed by atoms with E-state index in [4.69, 9.17) is 17.3 Å². The monoisotopic (exact) mass is 233 g/mol. The number of alkyl halides is 4. The molecule has 0 saturated heterocycles. The Labute approximate surface area is 84.3 Å². The summed E-state index contributed by atoms with van der Waals surface area (Å²) in [6.45, 7) is 3.00. The van der Waals surface area contributed by atoms with Crippen LogP contribution in [0, 0.1) is 0 Å². The van der Waals surface area contributed by atoms with Crippen molar-refractivity contribution in [2.24, 2.45) is 5.73 Å². The summed E-state index contributed by atoms with van der Waals surface area (Å²) in [6.07, 6.45) is -5.23. The Morgan fingerprint density at radius 2 is 1.86 bits per heavy atom. The minimum Gasteiger partial charge on any atom is -0.462 e. The van der Waals surface area contributed by atoms with Crippen LogP contribution < -0.4 is 5.73 Å². The Morgan fingerprint density at radius 3 is 2.14 bits per heavy atom. The lowest BCUT2D eigenvalue weighted by molar-refractivity contribution is -0.165. The van der Waals surface area contributed by atoms with Gasteiger partial charge in [0.25, 0.3) is 0 Å². The molecule has 0 bridgehead atoms. The molecule has 0 aromatic rings. The number of halogens is 4. The van der Waals surface area contributed by atoms with Crippen LogP contribution in [0.4, 0.5) is 13.2 Å². The number of nitrogens with two attached hydrogens (primary N) is 1. The molecule has 0 spiro atoms. The molecule has 0 aliphatic heterocycles. The lowest BCUT2D eigenvalue weighted by Crippen LogP contribution is -2.48. The second-order valence-electron chi connectivity index (χ2n) is 2.95. The van der Waals surface area contributed by atoms with Gasteiger partial charge in [0.1, 0.15) is 6.04 Å². The second kappa shape index (κ2) is 4.84. The van der Waals surface area contributed by atoms with Crippen LogP contribution in [0.3, 0.4) is 0 Å². The Hall–Kier alpha value is -0.490. The van der Waals surface area contributed by atoms with E-state index in [-0.39, 0.29) is 0 Å². The standard InChI is InChI=1S/C7H11ClF3NO2/c1-3(2)14-6(13)4(8)5(12)7(9,10)11/h3-5H,12H2,1-2H3/t4-,5+/m1/s1. The topological polar surface area (TPSA) is 52.3 Å². The fourth-order valence-electron chi connectivity index (χ4n) is 0.610. The molecular formula is C7H11ClF3NO2.